The first-order valence-corrected chi connectivity index (χ1v) is 10.3. The van der Waals surface area contributed by atoms with Gasteiger partial charge in [-0.25, -0.2) is 0 Å². The van der Waals surface area contributed by atoms with Crippen molar-refractivity contribution in [1.29, 1.82) is 0 Å². The monoisotopic (exact) mass is 410 g/mol. The van der Waals surface area contributed by atoms with E-state index in [1.54, 1.807) is 13.4 Å². The summed E-state index contributed by atoms with van der Waals surface area (Å²) in [6, 6.07) is 17.4. The third-order valence-corrected chi connectivity index (χ3v) is 5.93. The maximum absolute atomic E-state index is 13.4. The normalized spacial score (nSPS) is 15.1. The van der Waals surface area contributed by atoms with Crippen LogP contribution in [0.1, 0.15) is 10.8 Å². The van der Waals surface area contributed by atoms with Gasteiger partial charge in [0.05, 0.1) is 26.0 Å². The number of amides is 1. The van der Waals surface area contributed by atoms with Crippen LogP contribution in [0.5, 0.6) is 5.75 Å². The highest BCUT2D eigenvalue weighted by Gasteiger charge is 2.30. The number of morpholine rings is 1. The van der Waals surface area contributed by atoms with Gasteiger partial charge in [0.15, 0.2) is 5.16 Å². The molecule has 8 heteroatoms. The fraction of sp³-hybridized carbons (Fsp3) is 0.286. The third kappa shape index (κ3) is 4.28. The van der Waals surface area contributed by atoms with Gasteiger partial charge in [-0.1, -0.05) is 54.2 Å². The molecule has 0 saturated carbocycles. The average Bonchev–Trinajstić information content (AvgIpc) is 3.26. The SMILES string of the molecule is COc1ccccc1-n1cnnc1S[C@H](C(=O)N1CCOCC1)c1ccccc1. The lowest BCUT2D eigenvalue weighted by molar-refractivity contribution is -0.134. The van der Waals surface area contributed by atoms with E-state index < -0.39 is 5.25 Å². The molecule has 1 saturated heterocycles. The van der Waals surface area contributed by atoms with Gasteiger partial charge >= 0.3 is 0 Å². The number of carbonyl (C=O) groups is 1. The minimum absolute atomic E-state index is 0.0547. The number of hydrogen-bond acceptors (Lipinski definition) is 6. The molecule has 0 unspecified atom stereocenters. The van der Waals surface area contributed by atoms with Gasteiger partial charge in [-0.15, -0.1) is 10.2 Å². The molecule has 1 amide bonds. The number of para-hydroxylation sites is 2. The van der Waals surface area contributed by atoms with Crippen molar-refractivity contribution in [1.82, 2.24) is 19.7 Å². The Balaban J connectivity index is 1.67. The second-order valence-electron chi connectivity index (χ2n) is 6.50. The molecule has 1 aliphatic heterocycles. The van der Waals surface area contributed by atoms with E-state index in [1.807, 2.05) is 64.1 Å². The number of thioether (sulfide) groups is 1. The molecule has 150 valence electrons. The Labute approximate surface area is 173 Å². The Morgan fingerprint density at radius 1 is 1.10 bits per heavy atom. The zero-order valence-corrected chi connectivity index (χ0v) is 16.9. The quantitative estimate of drug-likeness (QED) is 0.582. The molecule has 0 radical (unpaired) electrons. The Hall–Kier alpha value is -2.84. The number of benzene rings is 2. The van der Waals surface area contributed by atoms with Crippen molar-refractivity contribution in [2.45, 2.75) is 10.4 Å². The summed E-state index contributed by atoms with van der Waals surface area (Å²) >= 11 is 1.39. The van der Waals surface area contributed by atoms with Crippen LogP contribution in [0, 0.1) is 0 Å². The summed E-state index contributed by atoms with van der Waals surface area (Å²) in [7, 11) is 1.63. The maximum Gasteiger partial charge on any atom is 0.240 e. The average molecular weight is 410 g/mol. The van der Waals surface area contributed by atoms with Crippen LogP contribution in [0.4, 0.5) is 0 Å². The molecule has 1 aromatic heterocycles. The predicted molar refractivity (Wildman–Crippen MR) is 110 cm³/mol. The molecule has 29 heavy (non-hydrogen) atoms. The Bertz CT molecular complexity index is 957. The first-order valence-electron chi connectivity index (χ1n) is 9.39. The number of nitrogens with zero attached hydrogens (tertiary/aromatic N) is 4. The summed E-state index contributed by atoms with van der Waals surface area (Å²) < 4.78 is 12.7. The minimum atomic E-state index is -0.424. The number of methoxy groups -OCH3 is 1. The standard InChI is InChI=1S/C21H22N4O3S/c1-27-18-10-6-5-9-17(18)25-15-22-23-21(25)29-19(16-7-3-2-4-8-16)20(26)24-11-13-28-14-12-24/h2-10,15,19H,11-14H2,1H3/t19-/m0/s1. The lowest BCUT2D eigenvalue weighted by Gasteiger charge is -2.30. The molecular formula is C21H22N4O3S. The van der Waals surface area contributed by atoms with Crippen molar-refractivity contribution >= 4 is 17.7 Å². The minimum Gasteiger partial charge on any atom is -0.495 e. The van der Waals surface area contributed by atoms with Crippen molar-refractivity contribution in [3.05, 3.63) is 66.5 Å². The molecule has 0 N–H and O–H groups in total. The van der Waals surface area contributed by atoms with Gasteiger partial charge in [-0.3, -0.25) is 9.36 Å². The largest absolute Gasteiger partial charge is 0.495 e. The third-order valence-electron chi connectivity index (χ3n) is 4.73. The van der Waals surface area contributed by atoms with E-state index >= 15 is 0 Å². The molecular weight excluding hydrogens is 388 g/mol. The molecule has 7 nitrogen and oxygen atoms in total. The van der Waals surface area contributed by atoms with E-state index in [1.165, 1.54) is 11.8 Å². The lowest BCUT2D eigenvalue weighted by atomic mass is 10.1. The molecule has 2 heterocycles. The van der Waals surface area contributed by atoms with E-state index in [0.717, 1.165) is 11.3 Å². The molecule has 0 aliphatic carbocycles. The van der Waals surface area contributed by atoms with E-state index in [2.05, 4.69) is 10.2 Å². The van der Waals surface area contributed by atoms with Crippen LogP contribution < -0.4 is 4.74 Å². The highest BCUT2D eigenvalue weighted by atomic mass is 32.2. The van der Waals surface area contributed by atoms with E-state index in [4.69, 9.17) is 9.47 Å². The summed E-state index contributed by atoms with van der Waals surface area (Å²) in [6.45, 7) is 2.33. The van der Waals surface area contributed by atoms with E-state index in [9.17, 15) is 4.79 Å². The summed E-state index contributed by atoms with van der Waals surface area (Å²) in [5.41, 5.74) is 1.76. The fourth-order valence-electron chi connectivity index (χ4n) is 3.24. The first-order chi connectivity index (χ1) is 14.3. The van der Waals surface area contributed by atoms with E-state index in [-0.39, 0.29) is 5.91 Å². The highest BCUT2D eigenvalue weighted by molar-refractivity contribution is 8.00. The van der Waals surface area contributed by atoms with Gasteiger partial charge in [0.2, 0.25) is 5.91 Å². The highest BCUT2D eigenvalue weighted by Crippen LogP contribution is 2.37. The van der Waals surface area contributed by atoms with Crippen LogP contribution in [0.25, 0.3) is 5.69 Å². The number of carbonyl (C=O) groups excluding carboxylic acids is 1. The number of rotatable bonds is 6. The van der Waals surface area contributed by atoms with Crippen LogP contribution >= 0.6 is 11.8 Å². The summed E-state index contributed by atoms with van der Waals surface area (Å²) in [4.78, 5) is 15.2. The lowest BCUT2D eigenvalue weighted by Crippen LogP contribution is -2.42. The molecule has 2 aromatic carbocycles. The second kappa shape index (κ2) is 9.11. The Kier molecular flexibility index (Phi) is 6.12. The topological polar surface area (TPSA) is 69.5 Å². The zero-order valence-electron chi connectivity index (χ0n) is 16.1. The first kappa shape index (κ1) is 19.5. The van der Waals surface area contributed by atoms with Gasteiger partial charge < -0.3 is 14.4 Å². The summed E-state index contributed by atoms with van der Waals surface area (Å²) in [5.74, 6) is 0.768. The molecule has 0 bridgehead atoms. The predicted octanol–water partition coefficient (Wildman–Crippen LogP) is 2.97. The van der Waals surface area contributed by atoms with Gasteiger partial charge in [0, 0.05) is 13.1 Å². The van der Waals surface area contributed by atoms with Crippen molar-refractivity contribution < 1.29 is 14.3 Å². The van der Waals surface area contributed by atoms with Crippen molar-refractivity contribution in [2.75, 3.05) is 33.4 Å². The van der Waals surface area contributed by atoms with Crippen molar-refractivity contribution in [3.63, 3.8) is 0 Å². The smallest absolute Gasteiger partial charge is 0.240 e. The Morgan fingerprint density at radius 3 is 2.59 bits per heavy atom. The van der Waals surface area contributed by atoms with Gasteiger partial charge in [0.25, 0.3) is 0 Å². The Morgan fingerprint density at radius 2 is 1.83 bits per heavy atom. The number of ether oxygens (including phenoxy) is 2. The maximum atomic E-state index is 13.4. The molecule has 4 rings (SSSR count). The molecule has 1 aliphatic rings. The van der Waals surface area contributed by atoms with Crippen LogP contribution in [0.2, 0.25) is 0 Å². The van der Waals surface area contributed by atoms with Crippen LogP contribution in [-0.2, 0) is 9.53 Å². The van der Waals surface area contributed by atoms with Crippen molar-refractivity contribution in [3.8, 4) is 11.4 Å². The summed E-state index contributed by atoms with van der Waals surface area (Å²) in [6.07, 6.45) is 1.64. The van der Waals surface area contributed by atoms with Gasteiger partial charge in [-0.2, -0.15) is 0 Å². The van der Waals surface area contributed by atoms with Crippen LogP contribution in [-0.4, -0.2) is 59.0 Å². The second-order valence-corrected chi connectivity index (χ2v) is 7.57. The van der Waals surface area contributed by atoms with Crippen molar-refractivity contribution in [2.24, 2.45) is 0 Å². The van der Waals surface area contributed by atoms with E-state index in [0.29, 0.717) is 37.2 Å². The van der Waals surface area contributed by atoms with Crippen LogP contribution in [0.3, 0.4) is 0 Å². The number of hydrogen-bond donors (Lipinski definition) is 0. The molecule has 1 atom stereocenters. The van der Waals surface area contributed by atoms with Gasteiger partial charge in [-0.05, 0) is 17.7 Å². The van der Waals surface area contributed by atoms with Crippen LogP contribution in [0.15, 0.2) is 66.1 Å². The van der Waals surface area contributed by atoms with Gasteiger partial charge in [0.1, 0.15) is 17.3 Å². The molecule has 0 spiro atoms. The number of aromatic nitrogens is 3. The fourth-order valence-corrected chi connectivity index (χ4v) is 4.35. The molecule has 1 fully saturated rings. The zero-order chi connectivity index (χ0) is 20.1. The molecule has 3 aromatic rings. The summed E-state index contributed by atoms with van der Waals surface area (Å²) in [5, 5.41) is 8.58.